The molecule has 0 aliphatic heterocycles. The summed E-state index contributed by atoms with van der Waals surface area (Å²) in [7, 11) is 0. The highest BCUT2D eigenvalue weighted by molar-refractivity contribution is 5.60. The van der Waals surface area contributed by atoms with E-state index >= 15 is 0 Å². The molecule has 0 N–H and O–H groups in total. The Morgan fingerprint density at radius 3 is 2.32 bits per heavy atom. The zero-order chi connectivity index (χ0) is 19.3. The summed E-state index contributed by atoms with van der Waals surface area (Å²) in [4.78, 5) is 4.05. The lowest BCUT2D eigenvalue weighted by molar-refractivity contribution is -0.00998. The second kappa shape index (κ2) is 9.04. The number of pyridine rings is 1. The van der Waals surface area contributed by atoms with Gasteiger partial charge in [0, 0.05) is 12.2 Å². The predicted molar refractivity (Wildman–Crippen MR) is 109 cm³/mol. The van der Waals surface area contributed by atoms with E-state index in [-0.39, 0.29) is 5.75 Å². The molecule has 0 saturated heterocycles. The van der Waals surface area contributed by atoms with Crippen LogP contribution in [0.4, 0.5) is 4.39 Å². The molecule has 1 heterocycles. The molecule has 150 valence electrons. The van der Waals surface area contributed by atoms with Crippen molar-refractivity contribution in [1.82, 2.24) is 4.98 Å². The fourth-order valence-corrected chi connectivity index (χ4v) is 4.27. The van der Waals surface area contributed by atoms with Crippen molar-refractivity contribution >= 4 is 0 Å². The molecule has 3 nitrogen and oxygen atoms in total. The molecule has 4 rings (SSSR count). The summed E-state index contributed by atoms with van der Waals surface area (Å²) in [6.45, 7) is 3.23. The smallest absolute Gasteiger partial charge is 0.255 e. The molecule has 0 spiro atoms. The molecule has 2 fully saturated rings. The van der Waals surface area contributed by atoms with E-state index in [1.165, 1.54) is 37.7 Å². The van der Waals surface area contributed by atoms with Crippen LogP contribution in [0.3, 0.4) is 0 Å². The minimum Gasteiger partial charge on any atom is -0.489 e. The Bertz CT molecular complexity index is 765. The zero-order valence-electron chi connectivity index (χ0n) is 16.7. The second-order valence-corrected chi connectivity index (χ2v) is 8.14. The first-order valence-corrected chi connectivity index (χ1v) is 10.7. The van der Waals surface area contributed by atoms with Crippen molar-refractivity contribution < 1.29 is 13.9 Å². The summed E-state index contributed by atoms with van der Waals surface area (Å²) in [5, 5.41) is 0. The van der Waals surface area contributed by atoms with E-state index in [0.717, 1.165) is 30.9 Å². The van der Waals surface area contributed by atoms with E-state index in [1.807, 2.05) is 13.0 Å². The SMILES string of the molecule is CCOc1ccc(-c2ccc(C3CCC(OCC4CCC4)CC3)cc2)nc1F. The topological polar surface area (TPSA) is 31.4 Å². The summed E-state index contributed by atoms with van der Waals surface area (Å²) in [6.07, 6.45) is 9.23. The maximum atomic E-state index is 14.0. The van der Waals surface area contributed by atoms with Crippen LogP contribution >= 0.6 is 0 Å². The van der Waals surface area contributed by atoms with Gasteiger partial charge < -0.3 is 9.47 Å². The van der Waals surface area contributed by atoms with E-state index in [2.05, 4.69) is 29.2 Å². The molecular weight excluding hydrogens is 353 g/mol. The lowest BCUT2D eigenvalue weighted by atomic mass is 9.82. The summed E-state index contributed by atoms with van der Waals surface area (Å²) >= 11 is 0. The van der Waals surface area contributed by atoms with E-state index in [4.69, 9.17) is 9.47 Å². The lowest BCUT2D eigenvalue weighted by Gasteiger charge is -2.32. The first-order chi connectivity index (χ1) is 13.7. The standard InChI is InChI=1S/C24H30FNO2/c1-2-27-23-15-14-22(26-24(23)25)20-8-6-18(7-9-20)19-10-12-21(13-11-19)28-16-17-4-3-5-17/h6-9,14-15,17,19,21H,2-5,10-13,16H2,1H3. The van der Waals surface area contributed by atoms with Crippen LogP contribution in [0.2, 0.25) is 0 Å². The van der Waals surface area contributed by atoms with Crippen molar-refractivity contribution in [2.24, 2.45) is 5.92 Å². The summed E-state index contributed by atoms with van der Waals surface area (Å²) in [6, 6.07) is 11.9. The maximum absolute atomic E-state index is 14.0. The third kappa shape index (κ3) is 4.54. The third-order valence-corrected chi connectivity index (χ3v) is 6.26. The van der Waals surface area contributed by atoms with E-state index in [1.54, 1.807) is 6.07 Å². The average Bonchev–Trinajstić information content (AvgIpc) is 2.69. The van der Waals surface area contributed by atoms with Crippen LogP contribution in [-0.4, -0.2) is 24.3 Å². The average molecular weight is 384 g/mol. The Labute approximate surface area is 167 Å². The van der Waals surface area contributed by atoms with Crippen molar-refractivity contribution in [3.05, 3.63) is 47.9 Å². The van der Waals surface area contributed by atoms with Crippen LogP contribution in [0.15, 0.2) is 36.4 Å². The molecule has 2 aromatic rings. The molecule has 0 unspecified atom stereocenters. The van der Waals surface area contributed by atoms with Crippen LogP contribution in [-0.2, 0) is 4.74 Å². The second-order valence-electron chi connectivity index (χ2n) is 8.14. The van der Waals surface area contributed by atoms with Crippen LogP contribution in [0.1, 0.15) is 63.4 Å². The molecule has 28 heavy (non-hydrogen) atoms. The fourth-order valence-electron chi connectivity index (χ4n) is 4.27. The van der Waals surface area contributed by atoms with Crippen molar-refractivity contribution in [2.45, 2.75) is 63.9 Å². The van der Waals surface area contributed by atoms with E-state index in [9.17, 15) is 4.39 Å². The predicted octanol–water partition coefficient (Wildman–Crippen LogP) is 6.13. The maximum Gasteiger partial charge on any atom is 0.255 e. The van der Waals surface area contributed by atoms with Crippen molar-refractivity contribution in [3.63, 3.8) is 0 Å². The van der Waals surface area contributed by atoms with E-state index < -0.39 is 5.95 Å². The van der Waals surface area contributed by atoms with Gasteiger partial charge in [0.2, 0.25) is 0 Å². The van der Waals surface area contributed by atoms with Gasteiger partial charge in [0.05, 0.1) is 18.4 Å². The van der Waals surface area contributed by atoms with Gasteiger partial charge in [-0.05, 0) is 75.0 Å². The van der Waals surface area contributed by atoms with Crippen LogP contribution in [0.25, 0.3) is 11.3 Å². The highest BCUT2D eigenvalue weighted by atomic mass is 19.1. The lowest BCUT2D eigenvalue weighted by Crippen LogP contribution is -2.26. The number of halogens is 1. The van der Waals surface area contributed by atoms with Gasteiger partial charge in [0.1, 0.15) is 0 Å². The number of benzene rings is 1. The molecule has 2 aliphatic carbocycles. The van der Waals surface area contributed by atoms with Gasteiger partial charge in [-0.25, -0.2) is 4.98 Å². The number of aromatic nitrogens is 1. The highest BCUT2D eigenvalue weighted by Crippen LogP contribution is 2.36. The molecule has 4 heteroatoms. The number of hydrogen-bond acceptors (Lipinski definition) is 3. The van der Waals surface area contributed by atoms with Gasteiger partial charge >= 0.3 is 0 Å². The van der Waals surface area contributed by atoms with Gasteiger partial charge in [-0.2, -0.15) is 4.39 Å². The zero-order valence-corrected chi connectivity index (χ0v) is 16.7. The first kappa shape index (κ1) is 19.4. The van der Waals surface area contributed by atoms with Crippen LogP contribution < -0.4 is 4.74 Å². The third-order valence-electron chi connectivity index (χ3n) is 6.26. The van der Waals surface area contributed by atoms with Crippen molar-refractivity contribution in [2.75, 3.05) is 13.2 Å². The van der Waals surface area contributed by atoms with E-state index in [0.29, 0.717) is 24.3 Å². The molecule has 2 aliphatic rings. The largest absolute Gasteiger partial charge is 0.489 e. The van der Waals surface area contributed by atoms with Gasteiger partial charge in [0.15, 0.2) is 5.75 Å². The molecule has 0 radical (unpaired) electrons. The van der Waals surface area contributed by atoms with Gasteiger partial charge in [-0.1, -0.05) is 30.7 Å². The monoisotopic (exact) mass is 383 g/mol. The quantitative estimate of drug-likeness (QED) is 0.539. The Hall–Kier alpha value is -1.94. The number of ether oxygens (including phenoxy) is 2. The Kier molecular flexibility index (Phi) is 6.26. The first-order valence-electron chi connectivity index (χ1n) is 10.7. The molecule has 2 saturated carbocycles. The molecule has 0 bridgehead atoms. The highest BCUT2D eigenvalue weighted by Gasteiger charge is 2.25. The summed E-state index contributed by atoms with van der Waals surface area (Å²) in [5.74, 6) is 1.08. The minimum atomic E-state index is -0.552. The molecule has 1 aromatic carbocycles. The Morgan fingerprint density at radius 1 is 0.964 bits per heavy atom. The number of hydrogen-bond donors (Lipinski definition) is 0. The van der Waals surface area contributed by atoms with Crippen LogP contribution in [0, 0.1) is 11.9 Å². The van der Waals surface area contributed by atoms with Crippen molar-refractivity contribution in [3.8, 4) is 17.0 Å². The van der Waals surface area contributed by atoms with Gasteiger partial charge in [-0.3, -0.25) is 0 Å². The molecular formula is C24H30FNO2. The molecule has 0 atom stereocenters. The van der Waals surface area contributed by atoms with Gasteiger partial charge in [-0.15, -0.1) is 0 Å². The minimum absolute atomic E-state index is 0.208. The van der Waals surface area contributed by atoms with Crippen molar-refractivity contribution in [1.29, 1.82) is 0 Å². The Balaban J connectivity index is 1.33. The Morgan fingerprint density at radius 2 is 1.71 bits per heavy atom. The number of nitrogens with zero attached hydrogens (tertiary/aromatic N) is 1. The van der Waals surface area contributed by atoms with Crippen LogP contribution in [0.5, 0.6) is 5.75 Å². The summed E-state index contributed by atoms with van der Waals surface area (Å²) in [5.41, 5.74) is 2.94. The normalized spacial score (nSPS) is 22.6. The molecule has 0 amide bonds. The molecule has 1 aromatic heterocycles. The summed E-state index contributed by atoms with van der Waals surface area (Å²) < 4.78 is 25.4. The number of rotatable bonds is 7. The van der Waals surface area contributed by atoms with Gasteiger partial charge in [0.25, 0.3) is 5.95 Å². The fraction of sp³-hybridized carbons (Fsp3) is 0.542.